The quantitative estimate of drug-likeness (QED) is 0.382. The Morgan fingerprint density at radius 3 is 1.71 bits per heavy atom. The van der Waals surface area contributed by atoms with E-state index >= 15 is 0 Å². The normalized spacial score (nSPS) is 12.6. The fourth-order valence-corrected chi connectivity index (χ4v) is 1.59. The maximum atomic E-state index is 11.1. The first-order valence-corrected chi connectivity index (χ1v) is 8.06. The van der Waals surface area contributed by atoms with Crippen molar-refractivity contribution in [2.75, 3.05) is 19.8 Å². The van der Waals surface area contributed by atoms with Crippen LogP contribution in [0.15, 0.2) is 0 Å². The Bertz CT molecular complexity index is 242. The molecule has 0 bridgehead atoms. The molecule has 0 aliphatic carbocycles. The SMILES string of the molecule is CCCCOC(NC(N)=O)C(OCCCC)OCCCC. The van der Waals surface area contributed by atoms with Crippen LogP contribution in [0.5, 0.6) is 0 Å². The van der Waals surface area contributed by atoms with E-state index in [0.29, 0.717) is 19.8 Å². The smallest absolute Gasteiger partial charge is 0.314 e. The zero-order valence-electron chi connectivity index (χ0n) is 13.7. The van der Waals surface area contributed by atoms with E-state index in [-0.39, 0.29) is 0 Å². The minimum absolute atomic E-state index is 0.534. The number of amides is 2. The number of rotatable bonds is 14. The van der Waals surface area contributed by atoms with Gasteiger partial charge in [0, 0.05) is 19.8 Å². The number of hydrogen-bond donors (Lipinski definition) is 2. The molecule has 1 unspecified atom stereocenters. The van der Waals surface area contributed by atoms with Gasteiger partial charge < -0.3 is 25.3 Å². The summed E-state index contributed by atoms with van der Waals surface area (Å²) in [6.07, 6.45) is 4.58. The number of hydrogen-bond acceptors (Lipinski definition) is 4. The number of nitrogens with one attached hydrogen (secondary N) is 1. The van der Waals surface area contributed by atoms with Gasteiger partial charge >= 0.3 is 6.03 Å². The van der Waals surface area contributed by atoms with Crippen LogP contribution in [0.2, 0.25) is 0 Å². The van der Waals surface area contributed by atoms with Crippen molar-refractivity contribution >= 4 is 6.03 Å². The van der Waals surface area contributed by atoms with Crippen LogP contribution in [0.1, 0.15) is 59.3 Å². The van der Waals surface area contributed by atoms with Crippen LogP contribution in [0.3, 0.4) is 0 Å². The summed E-state index contributed by atoms with van der Waals surface area (Å²) in [6.45, 7) is 7.93. The van der Waals surface area contributed by atoms with Gasteiger partial charge in [0.1, 0.15) is 0 Å². The lowest BCUT2D eigenvalue weighted by Crippen LogP contribution is -2.49. The van der Waals surface area contributed by atoms with Crippen LogP contribution in [0, 0.1) is 0 Å². The molecule has 21 heavy (non-hydrogen) atoms. The van der Waals surface area contributed by atoms with Gasteiger partial charge in [0.15, 0.2) is 6.23 Å². The summed E-state index contributed by atoms with van der Waals surface area (Å²) in [5, 5.41) is 2.56. The van der Waals surface area contributed by atoms with Crippen LogP contribution < -0.4 is 11.1 Å². The summed E-state index contributed by atoms with van der Waals surface area (Å²) in [6, 6.07) is -0.639. The van der Waals surface area contributed by atoms with E-state index in [0.717, 1.165) is 38.5 Å². The molecular weight excluding hydrogens is 272 g/mol. The molecule has 0 saturated heterocycles. The van der Waals surface area contributed by atoms with Crippen molar-refractivity contribution in [2.24, 2.45) is 5.73 Å². The zero-order valence-corrected chi connectivity index (χ0v) is 13.7. The molecule has 1 atom stereocenters. The van der Waals surface area contributed by atoms with E-state index in [1.54, 1.807) is 0 Å². The highest BCUT2D eigenvalue weighted by atomic mass is 16.7. The molecule has 126 valence electrons. The predicted molar refractivity (Wildman–Crippen MR) is 82.9 cm³/mol. The minimum atomic E-state index is -0.664. The molecule has 0 spiro atoms. The molecule has 0 rings (SSSR count). The third-order valence-corrected chi connectivity index (χ3v) is 2.89. The summed E-state index contributed by atoms with van der Waals surface area (Å²) in [7, 11) is 0. The van der Waals surface area contributed by atoms with Gasteiger partial charge in [-0.1, -0.05) is 40.0 Å². The first kappa shape index (κ1) is 20.1. The highest BCUT2D eigenvalue weighted by molar-refractivity contribution is 5.71. The maximum absolute atomic E-state index is 11.1. The minimum Gasteiger partial charge on any atom is -0.353 e. The Balaban J connectivity index is 4.48. The second-order valence-electron chi connectivity index (χ2n) is 4.97. The molecule has 0 heterocycles. The molecule has 6 nitrogen and oxygen atoms in total. The standard InChI is InChI=1S/C15H32N2O4/c1-4-7-10-19-13(17-15(16)18)14(20-11-8-5-2)21-12-9-6-3/h13-14H,4-12H2,1-3H3,(H3,16,17,18). The maximum Gasteiger partial charge on any atom is 0.314 e. The van der Waals surface area contributed by atoms with E-state index in [1.165, 1.54) is 0 Å². The van der Waals surface area contributed by atoms with E-state index in [4.69, 9.17) is 19.9 Å². The fraction of sp³-hybridized carbons (Fsp3) is 0.933. The Morgan fingerprint density at radius 2 is 1.33 bits per heavy atom. The Kier molecular flexibility index (Phi) is 13.5. The molecule has 0 aliphatic heterocycles. The summed E-state index contributed by atoms with van der Waals surface area (Å²) in [5.41, 5.74) is 5.20. The third kappa shape index (κ3) is 11.5. The van der Waals surface area contributed by atoms with Crippen molar-refractivity contribution in [3.63, 3.8) is 0 Å². The highest BCUT2D eigenvalue weighted by Crippen LogP contribution is 2.08. The lowest BCUT2D eigenvalue weighted by molar-refractivity contribution is -0.213. The van der Waals surface area contributed by atoms with Gasteiger partial charge in [-0.05, 0) is 19.3 Å². The van der Waals surface area contributed by atoms with Crippen LogP contribution in [-0.4, -0.2) is 38.4 Å². The van der Waals surface area contributed by atoms with E-state index in [1.807, 2.05) is 0 Å². The fourth-order valence-electron chi connectivity index (χ4n) is 1.59. The zero-order chi connectivity index (χ0) is 15.9. The number of primary amides is 1. The summed E-state index contributed by atoms with van der Waals surface area (Å²) in [4.78, 5) is 11.1. The number of unbranched alkanes of at least 4 members (excludes halogenated alkanes) is 3. The molecular formula is C15H32N2O4. The summed E-state index contributed by atoms with van der Waals surface area (Å²) < 4.78 is 17.1. The summed E-state index contributed by atoms with van der Waals surface area (Å²) >= 11 is 0. The number of nitrogens with two attached hydrogens (primary N) is 1. The molecule has 0 aromatic carbocycles. The monoisotopic (exact) mass is 304 g/mol. The van der Waals surface area contributed by atoms with Gasteiger partial charge in [0.2, 0.25) is 6.29 Å². The van der Waals surface area contributed by atoms with Crippen molar-refractivity contribution < 1.29 is 19.0 Å². The van der Waals surface area contributed by atoms with Crippen molar-refractivity contribution in [3.8, 4) is 0 Å². The van der Waals surface area contributed by atoms with Crippen molar-refractivity contribution in [3.05, 3.63) is 0 Å². The number of carbonyl (C=O) groups is 1. The van der Waals surface area contributed by atoms with Crippen molar-refractivity contribution in [1.82, 2.24) is 5.32 Å². The van der Waals surface area contributed by atoms with Gasteiger partial charge in [0.05, 0.1) is 0 Å². The average molecular weight is 304 g/mol. The highest BCUT2D eigenvalue weighted by Gasteiger charge is 2.24. The molecule has 0 aliphatic rings. The van der Waals surface area contributed by atoms with E-state index in [2.05, 4.69) is 26.1 Å². The average Bonchev–Trinajstić information content (AvgIpc) is 2.45. The van der Waals surface area contributed by atoms with Crippen LogP contribution in [-0.2, 0) is 14.2 Å². The van der Waals surface area contributed by atoms with Gasteiger partial charge in [-0.2, -0.15) is 0 Å². The second kappa shape index (κ2) is 14.1. The largest absolute Gasteiger partial charge is 0.353 e. The molecule has 0 saturated carbocycles. The summed E-state index contributed by atoms with van der Waals surface area (Å²) in [5.74, 6) is 0. The number of ether oxygens (including phenoxy) is 3. The van der Waals surface area contributed by atoms with Gasteiger partial charge in [-0.25, -0.2) is 4.79 Å². The van der Waals surface area contributed by atoms with E-state index < -0.39 is 18.5 Å². The number of urea groups is 1. The molecule has 3 N–H and O–H groups in total. The first-order chi connectivity index (χ1) is 10.2. The lowest BCUT2D eigenvalue weighted by Gasteiger charge is -2.27. The topological polar surface area (TPSA) is 82.8 Å². The second-order valence-corrected chi connectivity index (χ2v) is 4.97. The Labute approximate surface area is 128 Å². The molecule has 0 aromatic heterocycles. The molecule has 0 radical (unpaired) electrons. The molecule has 0 fully saturated rings. The van der Waals surface area contributed by atoms with Gasteiger partial charge in [-0.15, -0.1) is 0 Å². The van der Waals surface area contributed by atoms with Gasteiger partial charge in [0.25, 0.3) is 0 Å². The first-order valence-electron chi connectivity index (χ1n) is 8.06. The van der Waals surface area contributed by atoms with Crippen LogP contribution >= 0.6 is 0 Å². The number of carbonyl (C=O) groups excluding carboxylic acids is 1. The van der Waals surface area contributed by atoms with E-state index in [9.17, 15) is 4.79 Å². The lowest BCUT2D eigenvalue weighted by atomic mass is 10.3. The molecule has 0 aromatic rings. The van der Waals surface area contributed by atoms with Crippen molar-refractivity contribution in [2.45, 2.75) is 71.8 Å². The molecule has 2 amide bonds. The Morgan fingerprint density at radius 1 is 0.905 bits per heavy atom. The van der Waals surface area contributed by atoms with Gasteiger partial charge in [-0.3, -0.25) is 0 Å². The van der Waals surface area contributed by atoms with Crippen LogP contribution in [0.4, 0.5) is 4.79 Å². The van der Waals surface area contributed by atoms with Crippen molar-refractivity contribution in [1.29, 1.82) is 0 Å². The molecule has 6 heteroatoms. The third-order valence-electron chi connectivity index (χ3n) is 2.89. The predicted octanol–water partition coefficient (Wildman–Crippen LogP) is 2.76. The Hall–Kier alpha value is -0.850. The van der Waals surface area contributed by atoms with Crippen LogP contribution in [0.25, 0.3) is 0 Å².